The highest BCUT2D eigenvalue weighted by Gasteiger charge is 2.11. The fourth-order valence-electron chi connectivity index (χ4n) is 2.06. The van der Waals surface area contributed by atoms with Crippen LogP contribution in [-0.4, -0.2) is 18.4 Å². The van der Waals surface area contributed by atoms with E-state index in [2.05, 4.69) is 10.6 Å². The summed E-state index contributed by atoms with van der Waals surface area (Å²) in [6, 6.07) is 15.2. The molecule has 0 unspecified atom stereocenters. The van der Waals surface area contributed by atoms with Crippen molar-refractivity contribution < 1.29 is 9.59 Å². The van der Waals surface area contributed by atoms with Gasteiger partial charge in [-0.1, -0.05) is 26.0 Å². The van der Waals surface area contributed by atoms with Crippen molar-refractivity contribution in [3.8, 4) is 6.07 Å². The van der Waals surface area contributed by atoms with Crippen LogP contribution in [0.1, 0.15) is 40.1 Å². The zero-order chi connectivity index (χ0) is 17.5. The van der Waals surface area contributed by atoms with E-state index in [9.17, 15) is 9.59 Å². The third-order valence-corrected chi connectivity index (χ3v) is 3.38. The molecular weight excluding hydrogens is 302 g/mol. The number of benzene rings is 2. The summed E-state index contributed by atoms with van der Waals surface area (Å²) in [6.07, 6.45) is 0. The van der Waals surface area contributed by atoms with E-state index in [1.165, 1.54) is 0 Å². The number of nitrogens with one attached hydrogen (secondary N) is 2. The van der Waals surface area contributed by atoms with Crippen molar-refractivity contribution in [3.05, 3.63) is 65.2 Å². The summed E-state index contributed by atoms with van der Waals surface area (Å²) in [5, 5.41) is 14.6. The number of hydrogen-bond acceptors (Lipinski definition) is 3. The quantitative estimate of drug-likeness (QED) is 0.887. The molecule has 0 atom stereocenters. The Morgan fingerprint density at radius 2 is 1.58 bits per heavy atom. The van der Waals surface area contributed by atoms with Crippen LogP contribution in [0, 0.1) is 17.2 Å². The van der Waals surface area contributed by atoms with Crippen molar-refractivity contribution in [1.82, 2.24) is 5.32 Å². The molecule has 2 aromatic carbocycles. The zero-order valence-electron chi connectivity index (χ0n) is 13.7. The van der Waals surface area contributed by atoms with Crippen molar-refractivity contribution in [2.75, 3.05) is 11.9 Å². The number of carbonyl (C=O) groups is 2. The number of rotatable bonds is 5. The smallest absolute Gasteiger partial charge is 0.255 e. The molecule has 0 heterocycles. The van der Waals surface area contributed by atoms with Crippen LogP contribution in [-0.2, 0) is 0 Å². The van der Waals surface area contributed by atoms with Gasteiger partial charge in [-0.25, -0.2) is 0 Å². The largest absolute Gasteiger partial charge is 0.352 e. The molecule has 2 rings (SSSR count). The summed E-state index contributed by atoms with van der Waals surface area (Å²) in [4.78, 5) is 24.2. The number of anilines is 1. The van der Waals surface area contributed by atoms with Crippen molar-refractivity contribution in [1.29, 1.82) is 5.26 Å². The molecule has 122 valence electrons. The van der Waals surface area contributed by atoms with Crippen molar-refractivity contribution in [3.63, 3.8) is 0 Å². The molecule has 2 N–H and O–H groups in total. The van der Waals surface area contributed by atoms with Gasteiger partial charge in [0.2, 0.25) is 0 Å². The van der Waals surface area contributed by atoms with Crippen molar-refractivity contribution >= 4 is 17.5 Å². The molecule has 0 aliphatic heterocycles. The Morgan fingerprint density at radius 1 is 1.00 bits per heavy atom. The fraction of sp³-hybridized carbons (Fsp3) is 0.211. The molecular formula is C19H19N3O2. The minimum absolute atomic E-state index is 0.162. The molecule has 5 heteroatoms. The molecule has 0 saturated carbocycles. The van der Waals surface area contributed by atoms with E-state index in [0.717, 1.165) is 0 Å². The van der Waals surface area contributed by atoms with Crippen LogP contribution in [0.5, 0.6) is 0 Å². The van der Waals surface area contributed by atoms with Gasteiger partial charge in [0.15, 0.2) is 0 Å². The Morgan fingerprint density at radius 3 is 2.17 bits per heavy atom. The van der Waals surface area contributed by atoms with E-state index in [1.54, 1.807) is 48.5 Å². The van der Waals surface area contributed by atoms with Crippen LogP contribution >= 0.6 is 0 Å². The van der Waals surface area contributed by atoms with Crippen LogP contribution in [0.25, 0.3) is 0 Å². The normalized spacial score (nSPS) is 10.1. The van der Waals surface area contributed by atoms with E-state index in [1.807, 2.05) is 19.9 Å². The highest BCUT2D eigenvalue weighted by molar-refractivity contribution is 6.05. The molecule has 0 spiro atoms. The minimum atomic E-state index is -0.327. The van der Waals surface area contributed by atoms with Gasteiger partial charge in [-0.2, -0.15) is 5.26 Å². The summed E-state index contributed by atoms with van der Waals surface area (Å²) >= 11 is 0. The molecule has 0 radical (unpaired) electrons. The van der Waals surface area contributed by atoms with Gasteiger partial charge < -0.3 is 10.6 Å². The summed E-state index contributed by atoms with van der Waals surface area (Å²) in [7, 11) is 0. The Hall–Kier alpha value is -3.13. The summed E-state index contributed by atoms with van der Waals surface area (Å²) in [6.45, 7) is 4.64. The van der Waals surface area contributed by atoms with Gasteiger partial charge in [0, 0.05) is 17.7 Å². The van der Waals surface area contributed by atoms with Crippen molar-refractivity contribution in [2.24, 2.45) is 5.92 Å². The van der Waals surface area contributed by atoms with Crippen molar-refractivity contribution in [2.45, 2.75) is 13.8 Å². The standard InChI is InChI=1S/C19H19N3O2/c1-13(2)12-21-18(23)14-7-9-15(10-8-14)19(24)22-17-6-4-3-5-16(17)11-20/h3-10,13H,12H2,1-2H3,(H,21,23)(H,22,24). The topological polar surface area (TPSA) is 82.0 Å². The maximum absolute atomic E-state index is 12.3. The Labute approximate surface area is 141 Å². The lowest BCUT2D eigenvalue weighted by atomic mass is 10.1. The Bertz CT molecular complexity index is 774. The number of amides is 2. The highest BCUT2D eigenvalue weighted by atomic mass is 16.2. The monoisotopic (exact) mass is 321 g/mol. The van der Waals surface area contributed by atoms with Crippen LogP contribution < -0.4 is 10.6 Å². The molecule has 5 nitrogen and oxygen atoms in total. The number of nitriles is 1. The maximum Gasteiger partial charge on any atom is 0.255 e. The van der Waals surface area contributed by atoms with E-state index in [4.69, 9.17) is 5.26 Å². The van der Waals surface area contributed by atoms with Crippen LogP contribution in [0.15, 0.2) is 48.5 Å². The number of carbonyl (C=O) groups excluding carboxylic acids is 2. The second-order valence-electron chi connectivity index (χ2n) is 5.79. The summed E-state index contributed by atoms with van der Waals surface area (Å²) in [5.41, 5.74) is 1.78. The molecule has 0 fully saturated rings. The van der Waals surface area contributed by atoms with Crippen LogP contribution in [0.4, 0.5) is 5.69 Å². The molecule has 2 aromatic rings. The van der Waals surface area contributed by atoms with Gasteiger partial charge in [-0.3, -0.25) is 9.59 Å². The lowest BCUT2D eigenvalue weighted by Gasteiger charge is -2.09. The first-order chi connectivity index (χ1) is 11.5. The first kappa shape index (κ1) is 17.2. The average Bonchev–Trinajstić information content (AvgIpc) is 2.60. The predicted octanol–water partition coefficient (Wildman–Crippen LogP) is 3.20. The SMILES string of the molecule is CC(C)CNC(=O)c1ccc(C(=O)Nc2ccccc2C#N)cc1. The van der Waals surface area contributed by atoms with E-state index < -0.39 is 0 Å². The number of para-hydroxylation sites is 1. The van der Waals surface area contributed by atoms with E-state index in [0.29, 0.717) is 34.8 Å². The van der Waals surface area contributed by atoms with Gasteiger partial charge in [0.25, 0.3) is 11.8 Å². The summed E-state index contributed by atoms with van der Waals surface area (Å²) in [5.74, 6) is -0.114. The zero-order valence-corrected chi connectivity index (χ0v) is 13.7. The minimum Gasteiger partial charge on any atom is -0.352 e. The number of hydrogen-bond donors (Lipinski definition) is 2. The van der Waals surface area contributed by atoms with Gasteiger partial charge in [-0.15, -0.1) is 0 Å². The second-order valence-corrected chi connectivity index (χ2v) is 5.79. The Kier molecular flexibility index (Phi) is 5.69. The van der Waals surface area contributed by atoms with Gasteiger partial charge in [0.1, 0.15) is 6.07 Å². The van der Waals surface area contributed by atoms with Gasteiger partial charge in [-0.05, 0) is 42.3 Å². The first-order valence-electron chi connectivity index (χ1n) is 7.70. The lowest BCUT2D eigenvalue weighted by Crippen LogP contribution is -2.27. The second kappa shape index (κ2) is 7.93. The molecule has 0 aromatic heterocycles. The number of nitrogens with zero attached hydrogens (tertiary/aromatic N) is 1. The molecule has 0 aliphatic carbocycles. The predicted molar refractivity (Wildman–Crippen MR) is 92.7 cm³/mol. The van der Waals surface area contributed by atoms with Crippen LogP contribution in [0.3, 0.4) is 0 Å². The summed E-state index contributed by atoms with van der Waals surface area (Å²) < 4.78 is 0. The molecule has 24 heavy (non-hydrogen) atoms. The third-order valence-electron chi connectivity index (χ3n) is 3.38. The highest BCUT2D eigenvalue weighted by Crippen LogP contribution is 2.15. The molecule has 0 bridgehead atoms. The third kappa shape index (κ3) is 4.43. The first-order valence-corrected chi connectivity index (χ1v) is 7.70. The van der Waals surface area contributed by atoms with Gasteiger partial charge in [0.05, 0.1) is 11.3 Å². The fourth-order valence-corrected chi connectivity index (χ4v) is 2.06. The van der Waals surface area contributed by atoms with Gasteiger partial charge >= 0.3 is 0 Å². The van der Waals surface area contributed by atoms with E-state index >= 15 is 0 Å². The van der Waals surface area contributed by atoms with Crippen LogP contribution in [0.2, 0.25) is 0 Å². The lowest BCUT2D eigenvalue weighted by molar-refractivity contribution is 0.0947. The molecule has 0 aliphatic rings. The molecule has 0 saturated heterocycles. The molecule has 2 amide bonds. The maximum atomic E-state index is 12.3. The van der Waals surface area contributed by atoms with E-state index in [-0.39, 0.29) is 11.8 Å². The average molecular weight is 321 g/mol. The Balaban J connectivity index is 2.06.